The van der Waals surface area contributed by atoms with E-state index in [9.17, 15) is 0 Å². The van der Waals surface area contributed by atoms with Crippen LogP contribution < -0.4 is 15.5 Å². The van der Waals surface area contributed by atoms with Crippen molar-refractivity contribution in [3.63, 3.8) is 0 Å². The number of rotatable bonds is 6. The molecule has 0 spiro atoms. The third-order valence-corrected chi connectivity index (χ3v) is 3.93. The highest BCUT2D eigenvalue weighted by Crippen LogP contribution is 2.23. The lowest BCUT2D eigenvalue weighted by molar-refractivity contribution is 0.578. The van der Waals surface area contributed by atoms with Crippen molar-refractivity contribution in [1.82, 2.24) is 9.97 Å². The summed E-state index contributed by atoms with van der Waals surface area (Å²) in [7, 11) is 0. The van der Waals surface area contributed by atoms with Crippen LogP contribution in [0.4, 0.5) is 23.1 Å². The Balaban J connectivity index is 1.64. The number of hydrogen-bond donors (Lipinski definition) is 2. The van der Waals surface area contributed by atoms with Crippen molar-refractivity contribution in [2.75, 3.05) is 35.2 Å². The van der Waals surface area contributed by atoms with Crippen molar-refractivity contribution in [2.45, 2.75) is 19.3 Å². The highest BCUT2D eigenvalue weighted by Gasteiger charge is 2.10. The molecule has 23 heavy (non-hydrogen) atoms. The highest BCUT2D eigenvalue weighted by molar-refractivity contribution is 5.60. The Morgan fingerprint density at radius 3 is 2.61 bits per heavy atom. The lowest BCUT2D eigenvalue weighted by Gasteiger charge is -2.28. The van der Waals surface area contributed by atoms with Crippen molar-refractivity contribution in [1.29, 1.82) is 0 Å². The van der Waals surface area contributed by atoms with Gasteiger partial charge in [0.05, 0.1) is 0 Å². The van der Waals surface area contributed by atoms with Crippen molar-refractivity contribution >= 4 is 23.1 Å². The molecule has 1 aliphatic heterocycles. The molecule has 1 fully saturated rings. The highest BCUT2D eigenvalue weighted by atomic mass is 15.1. The second kappa shape index (κ2) is 7.63. The van der Waals surface area contributed by atoms with Crippen LogP contribution in [0.15, 0.2) is 49.2 Å². The van der Waals surface area contributed by atoms with Gasteiger partial charge in [0.25, 0.3) is 0 Å². The summed E-state index contributed by atoms with van der Waals surface area (Å²) in [5, 5.41) is 6.40. The Hall–Kier alpha value is -2.56. The molecule has 0 bridgehead atoms. The predicted molar refractivity (Wildman–Crippen MR) is 96.5 cm³/mol. The maximum atomic E-state index is 4.43. The van der Waals surface area contributed by atoms with Gasteiger partial charge in [-0.2, -0.15) is 4.98 Å². The van der Waals surface area contributed by atoms with Crippen molar-refractivity contribution < 1.29 is 0 Å². The van der Waals surface area contributed by atoms with Gasteiger partial charge in [-0.15, -0.1) is 6.58 Å². The molecular formula is C18H23N5. The van der Waals surface area contributed by atoms with E-state index < -0.39 is 0 Å². The number of hydrogen-bond acceptors (Lipinski definition) is 5. The molecule has 0 saturated carbocycles. The van der Waals surface area contributed by atoms with Gasteiger partial charge in [0.2, 0.25) is 5.95 Å². The van der Waals surface area contributed by atoms with Gasteiger partial charge < -0.3 is 15.5 Å². The van der Waals surface area contributed by atoms with Gasteiger partial charge in [-0.05, 0) is 49.6 Å². The molecule has 2 N–H and O–H groups in total. The Morgan fingerprint density at radius 2 is 1.87 bits per heavy atom. The van der Waals surface area contributed by atoms with E-state index in [1.54, 1.807) is 12.3 Å². The van der Waals surface area contributed by atoms with E-state index >= 15 is 0 Å². The molecule has 2 heterocycles. The van der Waals surface area contributed by atoms with Crippen molar-refractivity contribution in [3.05, 3.63) is 49.2 Å². The fourth-order valence-corrected chi connectivity index (χ4v) is 2.73. The number of anilines is 4. The van der Waals surface area contributed by atoms with Gasteiger partial charge in [0.1, 0.15) is 5.82 Å². The molecular weight excluding hydrogens is 286 g/mol. The van der Waals surface area contributed by atoms with Gasteiger partial charge in [-0.25, -0.2) is 4.98 Å². The summed E-state index contributed by atoms with van der Waals surface area (Å²) in [5.74, 6) is 1.37. The monoisotopic (exact) mass is 309 g/mol. The maximum Gasteiger partial charge on any atom is 0.229 e. The average molecular weight is 309 g/mol. The lowest BCUT2D eigenvalue weighted by atomic mass is 10.1. The summed E-state index contributed by atoms with van der Waals surface area (Å²) >= 11 is 0. The Bertz CT molecular complexity index is 632. The van der Waals surface area contributed by atoms with Crippen LogP contribution in [0.1, 0.15) is 19.3 Å². The second-order valence-electron chi connectivity index (χ2n) is 5.65. The fraction of sp³-hybridized carbons (Fsp3) is 0.333. The minimum absolute atomic E-state index is 0.588. The summed E-state index contributed by atoms with van der Waals surface area (Å²) in [6.07, 6.45) is 7.47. The third-order valence-electron chi connectivity index (χ3n) is 3.93. The average Bonchev–Trinajstić information content (AvgIpc) is 2.62. The second-order valence-corrected chi connectivity index (χ2v) is 5.65. The molecule has 120 valence electrons. The van der Waals surface area contributed by atoms with E-state index in [0.717, 1.165) is 24.6 Å². The largest absolute Gasteiger partial charge is 0.372 e. The van der Waals surface area contributed by atoms with Crippen LogP contribution in [0.3, 0.4) is 0 Å². The molecule has 1 aliphatic rings. The summed E-state index contributed by atoms with van der Waals surface area (Å²) < 4.78 is 0. The van der Waals surface area contributed by atoms with E-state index in [-0.39, 0.29) is 0 Å². The van der Waals surface area contributed by atoms with Crippen molar-refractivity contribution in [2.24, 2.45) is 0 Å². The Labute approximate surface area is 137 Å². The fourth-order valence-electron chi connectivity index (χ4n) is 2.73. The molecule has 0 unspecified atom stereocenters. The third kappa shape index (κ3) is 4.22. The number of nitrogens with one attached hydrogen (secondary N) is 2. The molecule has 1 saturated heterocycles. The van der Waals surface area contributed by atoms with Crippen LogP contribution in [0.25, 0.3) is 0 Å². The van der Waals surface area contributed by atoms with Gasteiger partial charge >= 0.3 is 0 Å². The molecule has 0 radical (unpaired) electrons. The number of aromatic nitrogens is 2. The zero-order valence-electron chi connectivity index (χ0n) is 13.3. The minimum Gasteiger partial charge on any atom is -0.372 e. The molecule has 1 aromatic heterocycles. The zero-order valence-corrected chi connectivity index (χ0v) is 13.3. The first-order valence-electron chi connectivity index (χ1n) is 8.15. The SMILES string of the molecule is C=CCNc1ccnc(Nc2ccc(N3CCCCC3)cc2)n1. The van der Waals surface area contributed by atoms with Crippen LogP contribution in [0.2, 0.25) is 0 Å². The summed E-state index contributed by atoms with van der Waals surface area (Å²) in [5.41, 5.74) is 2.28. The molecule has 2 aromatic rings. The van der Waals surface area contributed by atoms with Crippen LogP contribution in [-0.4, -0.2) is 29.6 Å². The van der Waals surface area contributed by atoms with Crippen LogP contribution >= 0.6 is 0 Å². The molecule has 5 heteroatoms. The van der Waals surface area contributed by atoms with Crippen LogP contribution in [0.5, 0.6) is 0 Å². The van der Waals surface area contributed by atoms with Gasteiger partial charge in [0, 0.05) is 37.2 Å². The van der Waals surface area contributed by atoms with E-state index in [1.807, 2.05) is 6.07 Å². The molecule has 3 rings (SSSR count). The normalized spacial score (nSPS) is 14.3. The molecule has 0 amide bonds. The molecule has 0 aliphatic carbocycles. The first-order chi connectivity index (χ1) is 11.3. The number of benzene rings is 1. The Morgan fingerprint density at radius 1 is 1.09 bits per heavy atom. The van der Waals surface area contributed by atoms with E-state index in [1.165, 1.54) is 24.9 Å². The van der Waals surface area contributed by atoms with E-state index in [2.05, 4.69) is 56.3 Å². The maximum absolute atomic E-state index is 4.43. The van der Waals surface area contributed by atoms with E-state index in [4.69, 9.17) is 0 Å². The minimum atomic E-state index is 0.588. The summed E-state index contributed by atoms with van der Waals surface area (Å²) in [6, 6.07) is 10.3. The predicted octanol–water partition coefficient (Wildman–Crippen LogP) is 3.81. The van der Waals surface area contributed by atoms with Crippen LogP contribution in [0, 0.1) is 0 Å². The Kier molecular flexibility index (Phi) is 5.09. The lowest BCUT2D eigenvalue weighted by Crippen LogP contribution is -2.29. The van der Waals surface area contributed by atoms with Gasteiger partial charge in [-0.1, -0.05) is 6.08 Å². The first-order valence-corrected chi connectivity index (χ1v) is 8.15. The zero-order chi connectivity index (χ0) is 15.9. The number of nitrogens with zero attached hydrogens (tertiary/aromatic N) is 3. The number of piperidine rings is 1. The topological polar surface area (TPSA) is 53.1 Å². The first kappa shape index (κ1) is 15.3. The molecule has 0 atom stereocenters. The smallest absolute Gasteiger partial charge is 0.229 e. The van der Waals surface area contributed by atoms with Crippen LogP contribution in [-0.2, 0) is 0 Å². The molecule has 5 nitrogen and oxygen atoms in total. The molecule has 1 aromatic carbocycles. The summed E-state index contributed by atoms with van der Waals surface area (Å²) in [4.78, 5) is 11.1. The standard InChI is InChI=1S/C18H23N5/c1-2-11-19-17-10-12-20-18(22-17)21-15-6-8-16(9-7-15)23-13-4-3-5-14-23/h2,6-10,12H,1,3-5,11,13-14H2,(H2,19,20,21,22). The quantitative estimate of drug-likeness (QED) is 0.795. The van der Waals surface area contributed by atoms with Crippen molar-refractivity contribution in [3.8, 4) is 0 Å². The van der Waals surface area contributed by atoms with E-state index in [0.29, 0.717) is 12.5 Å². The van der Waals surface area contributed by atoms with Gasteiger partial charge in [0.15, 0.2) is 0 Å². The van der Waals surface area contributed by atoms with Gasteiger partial charge in [-0.3, -0.25) is 0 Å². The summed E-state index contributed by atoms with van der Waals surface area (Å²) in [6.45, 7) is 6.69.